The average molecular weight is 673 g/mol. The number of aliphatic carboxylic acids is 1. The van der Waals surface area contributed by atoms with Crippen molar-refractivity contribution in [1.82, 2.24) is 0 Å². The zero-order valence-corrected chi connectivity index (χ0v) is 29.7. The first-order valence-corrected chi connectivity index (χ1v) is 18.1. The minimum atomic E-state index is -1.20. The SMILES string of the molecule is C=CCOCCCCc1ccc(Cc2cc([C@@H]3O[C@H](C(=O)O)[C@@H](OCCCC)[C@H](OCCCC)[C@H]3OCc3ccccc3)ccc2C)cc1. The molecule has 1 heterocycles. The van der Waals surface area contributed by atoms with E-state index >= 15 is 0 Å². The van der Waals surface area contributed by atoms with E-state index in [0.717, 1.165) is 80.2 Å². The molecule has 0 aromatic heterocycles. The predicted octanol–water partition coefficient (Wildman–Crippen LogP) is 8.59. The van der Waals surface area contributed by atoms with E-state index in [2.05, 4.69) is 63.7 Å². The Labute approximate surface area is 293 Å². The highest BCUT2D eigenvalue weighted by Gasteiger charge is 2.51. The van der Waals surface area contributed by atoms with Crippen molar-refractivity contribution in [3.8, 4) is 0 Å². The first-order valence-electron chi connectivity index (χ1n) is 18.1. The van der Waals surface area contributed by atoms with Gasteiger partial charge in [0.25, 0.3) is 0 Å². The summed E-state index contributed by atoms with van der Waals surface area (Å²) in [6.07, 6.45) is 5.33. The van der Waals surface area contributed by atoms with Crippen LogP contribution in [0.3, 0.4) is 0 Å². The minimum Gasteiger partial charge on any atom is -0.479 e. The van der Waals surface area contributed by atoms with Crippen LogP contribution >= 0.6 is 0 Å². The Balaban J connectivity index is 1.59. The van der Waals surface area contributed by atoms with Gasteiger partial charge >= 0.3 is 5.97 Å². The molecule has 3 aromatic rings. The zero-order valence-electron chi connectivity index (χ0n) is 29.7. The van der Waals surface area contributed by atoms with E-state index in [0.29, 0.717) is 26.4 Å². The first-order chi connectivity index (χ1) is 23.9. The lowest BCUT2D eigenvalue weighted by Gasteiger charge is -2.45. The molecule has 1 saturated heterocycles. The Morgan fingerprint density at radius 3 is 2.16 bits per heavy atom. The number of carboxylic acid groups (broad SMARTS) is 1. The van der Waals surface area contributed by atoms with Crippen LogP contribution in [0, 0.1) is 6.92 Å². The van der Waals surface area contributed by atoms with E-state index in [1.54, 1.807) is 6.08 Å². The molecule has 7 heteroatoms. The van der Waals surface area contributed by atoms with Gasteiger partial charge in [0.15, 0.2) is 6.10 Å². The lowest BCUT2D eigenvalue weighted by Crippen LogP contribution is -2.59. The maximum absolute atomic E-state index is 12.7. The van der Waals surface area contributed by atoms with Crippen molar-refractivity contribution >= 4 is 5.97 Å². The van der Waals surface area contributed by atoms with Gasteiger partial charge in [-0.25, -0.2) is 4.79 Å². The fourth-order valence-electron chi connectivity index (χ4n) is 6.16. The van der Waals surface area contributed by atoms with E-state index in [-0.39, 0.29) is 0 Å². The number of hydrogen-bond acceptors (Lipinski definition) is 6. The second-order valence-electron chi connectivity index (χ2n) is 13.0. The van der Waals surface area contributed by atoms with Gasteiger partial charge in [-0.2, -0.15) is 0 Å². The highest BCUT2D eigenvalue weighted by molar-refractivity contribution is 5.73. The number of aryl methyl sites for hydroxylation is 2. The Morgan fingerprint density at radius 1 is 0.796 bits per heavy atom. The summed E-state index contributed by atoms with van der Waals surface area (Å²) < 4.78 is 31.4. The van der Waals surface area contributed by atoms with Gasteiger partial charge in [0, 0.05) is 19.8 Å². The summed E-state index contributed by atoms with van der Waals surface area (Å²) in [6, 6.07) is 25.1. The second-order valence-corrected chi connectivity index (χ2v) is 13.0. The number of ether oxygens (including phenoxy) is 5. The van der Waals surface area contributed by atoms with Crippen molar-refractivity contribution in [1.29, 1.82) is 0 Å². The lowest BCUT2D eigenvalue weighted by molar-refractivity contribution is -0.262. The van der Waals surface area contributed by atoms with Crippen molar-refractivity contribution in [2.75, 3.05) is 26.4 Å². The van der Waals surface area contributed by atoms with Crippen molar-refractivity contribution in [2.24, 2.45) is 0 Å². The van der Waals surface area contributed by atoms with Gasteiger partial charge in [-0.1, -0.05) is 106 Å². The quantitative estimate of drug-likeness (QED) is 0.0846. The Bertz CT molecular complexity index is 1390. The third-order valence-electron chi connectivity index (χ3n) is 9.04. The summed E-state index contributed by atoms with van der Waals surface area (Å²) in [4.78, 5) is 12.7. The van der Waals surface area contributed by atoms with E-state index in [1.165, 1.54) is 11.1 Å². The van der Waals surface area contributed by atoms with Gasteiger partial charge < -0.3 is 28.8 Å². The predicted molar refractivity (Wildman–Crippen MR) is 194 cm³/mol. The van der Waals surface area contributed by atoms with E-state index in [1.807, 2.05) is 36.4 Å². The summed E-state index contributed by atoms with van der Waals surface area (Å²) >= 11 is 0. The minimum absolute atomic E-state index is 0.339. The fraction of sp³-hybridized carbons (Fsp3) is 0.500. The van der Waals surface area contributed by atoms with Gasteiger partial charge in [-0.15, -0.1) is 6.58 Å². The van der Waals surface area contributed by atoms with E-state index in [4.69, 9.17) is 23.7 Å². The molecular weight excluding hydrogens is 616 g/mol. The molecule has 7 nitrogen and oxygen atoms in total. The van der Waals surface area contributed by atoms with Crippen LogP contribution in [0.4, 0.5) is 0 Å². The molecule has 266 valence electrons. The van der Waals surface area contributed by atoms with Crippen molar-refractivity contribution in [2.45, 2.75) is 109 Å². The number of carboxylic acids is 1. The molecule has 1 aliphatic heterocycles. The third-order valence-corrected chi connectivity index (χ3v) is 9.04. The van der Waals surface area contributed by atoms with Gasteiger partial charge in [-0.3, -0.25) is 0 Å². The molecule has 0 unspecified atom stereocenters. The molecular formula is C42H56O7. The van der Waals surface area contributed by atoms with Crippen molar-refractivity contribution in [3.63, 3.8) is 0 Å². The summed E-state index contributed by atoms with van der Waals surface area (Å²) in [5, 5.41) is 10.4. The van der Waals surface area contributed by atoms with Crippen molar-refractivity contribution < 1.29 is 33.6 Å². The van der Waals surface area contributed by atoms with Gasteiger partial charge in [0.2, 0.25) is 0 Å². The molecule has 1 fully saturated rings. The van der Waals surface area contributed by atoms with Gasteiger partial charge in [0.05, 0.1) is 13.2 Å². The number of rotatable bonds is 22. The molecule has 0 amide bonds. The van der Waals surface area contributed by atoms with Gasteiger partial charge in [0.1, 0.15) is 24.4 Å². The van der Waals surface area contributed by atoms with Crippen LogP contribution in [0.5, 0.6) is 0 Å². The monoisotopic (exact) mass is 672 g/mol. The van der Waals surface area contributed by atoms with Crippen molar-refractivity contribution in [3.05, 3.63) is 119 Å². The topological polar surface area (TPSA) is 83.5 Å². The molecule has 49 heavy (non-hydrogen) atoms. The Kier molecular flexibility index (Phi) is 16.5. The van der Waals surface area contributed by atoms with E-state index < -0.39 is 36.5 Å². The molecule has 0 saturated carbocycles. The summed E-state index contributed by atoms with van der Waals surface area (Å²) in [5.41, 5.74) is 6.75. The third kappa shape index (κ3) is 11.9. The molecule has 1 N–H and O–H groups in total. The number of unbranched alkanes of at least 4 members (excludes halogenated alkanes) is 3. The van der Waals surface area contributed by atoms with Crippen LogP contribution in [-0.2, 0) is 47.9 Å². The zero-order chi connectivity index (χ0) is 34.8. The van der Waals surface area contributed by atoms with Crippen LogP contribution in [0.2, 0.25) is 0 Å². The van der Waals surface area contributed by atoms with Crippen LogP contribution in [0.25, 0.3) is 0 Å². The largest absolute Gasteiger partial charge is 0.479 e. The summed E-state index contributed by atoms with van der Waals surface area (Å²) in [6.45, 7) is 12.6. The normalized spacial score (nSPS) is 20.7. The Hall–Kier alpha value is -3.33. The van der Waals surface area contributed by atoms with Crippen LogP contribution < -0.4 is 0 Å². The number of benzene rings is 3. The second kappa shape index (κ2) is 21.0. The number of carbonyl (C=O) groups is 1. The lowest BCUT2D eigenvalue weighted by atomic mass is 9.88. The fourth-order valence-corrected chi connectivity index (χ4v) is 6.16. The Morgan fingerprint density at radius 2 is 1.49 bits per heavy atom. The average Bonchev–Trinajstić information content (AvgIpc) is 3.11. The molecule has 0 bridgehead atoms. The molecule has 1 aliphatic rings. The van der Waals surface area contributed by atoms with Gasteiger partial charge in [-0.05, 0) is 78.8 Å². The molecule has 0 radical (unpaired) electrons. The van der Waals surface area contributed by atoms with Crippen LogP contribution in [-0.4, -0.2) is 61.9 Å². The van der Waals surface area contributed by atoms with E-state index in [9.17, 15) is 9.90 Å². The summed E-state index contributed by atoms with van der Waals surface area (Å²) in [5.74, 6) is -1.06. The molecule has 0 aliphatic carbocycles. The van der Waals surface area contributed by atoms with Crippen LogP contribution in [0.1, 0.15) is 91.9 Å². The smallest absolute Gasteiger partial charge is 0.335 e. The molecule has 0 spiro atoms. The maximum atomic E-state index is 12.7. The molecule has 4 rings (SSSR count). The highest BCUT2D eigenvalue weighted by Crippen LogP contribution is 2.39. The summed E-state index contributed by atoms with van der Waals surface area (Å²) in [7, 11) is 0. The number of hydrogen-bond donors (Lipinski definition) is 1. The maximum Gasteiger partial charge on any atom is 0.335 e. The standard InChI is InChI=1S/C42H56O7/c1-5-8-26-46-39-38(48-30-34-16-11-10-12-17-34)37(49-41(42(43)44)40(39)47-27-9-6-2)35-23-18-31(4)36(29-35)28-33-21-19-32(20-22-33)15-13-14-25-45-24-7-3/h7,10-12,16-23,29,37-41H,3,5-6,8-9,13-15,24-28,30H2,1-2,4H3,(H,43,44)/t37-,38-,39+,40-,41-/m0/s1. The first kappa shape index (κ1) is 38.5. The molecule has 5 atom stereocenters. The van der Waals surface area contributed by atoms with Crippen LogP contribution in [0.15, 0.2) is 85.5 Å². The highest BCUT2D eigenvalue weighted by atomic mass is 16.6. The molecule has 3 aromatic carbocycles.